The summed E-state index contributed by atoms with van der Waals surface area (Å²) >= 11 is 0. The summed E-state index contributed by atoms with van der Waals surface area (Å²) in [6.45, 7) is 0.159. The molecule has 21 heavy (non-hydrogen) atoms. The van der Waals surface area contributed by atoms with Crippen LogP contribution in [0.1, 0.15) is 15.9 Å². The van der Waals surface area contributed by atoms with Crippen LogP contribution < -0.4 is 4.74 Å². The third kappa shape index (κ3) is 3.82. The predicted molar refractivity (Wildman–Crippen MR) is 77.3 cm³/mol. The summed E-state index contributed by atoms with van der Waals surface area (Å²) in [5.74, 6) is -1.10. The number of carboxylic acids is 1. The fourth-order valence-corrected chi connectivity index (χ4v) is 2.59. The normalized spacial score (nSPS) is 11.1. The van der Waals surface area contributed by atoms with Crippen LogP contribution in [0.3, 0.4) is 0 Å². The van der Waals surface area contributed by atoms with Gasteiger partial charge in [-0.1, -0.05) is 30.3 Å². The number of aromatic carboxylic acids is 1. The molecule has 0 aliphatic carbocycles. The molecule has 6 heteroatoms. The van der Waals surface area contributed by atoms with Crippen molar-refractivity contribution >= 4 is 15.8 Å². The van der Waals surface area contributed by atoms with Crippen molar-refractivity contribution in [1.29, 1.82) is 0 Å². The van der Waals surface area contributed by atoms with Crippen LogP contribution in [0.15, 0.2) is 53.4 Å². The zero-order valence-corrected chi connectivity index (χ0v) is 12.1. The van der Waals surface area contributed by atoms with Crippen LogP contribution in [0, 0.1) is 0 Å². The molecule has 0 unspecified atom stereocenters. The van der Waals surface area contributed by atoms with Crippen LogP contribution in [0.5, 0.6) is 5.75 Å². The number of hydrogen-bond donors (Lipinski definition) is 1. The molecular formula is C15H14O5S. The lowest BCUT2D eigenvalue weighted by atomic mass is 10.2. The number of hydrogen-bond acceptors (Lipinski definition) is 4. The minimum atomic E-state index is -3.50. The first-order valence-electron chi connectivity index (χ1n) is 6.12. The third-order valence-electron chi connectivity index (χ3n) is 2.83. The number of sulfone groups is 1. The Bertz CT molecular complexity index is 751. The van der Waals surface area contributed by atoms with E-state index < -0.39 is 15.8 Å². The van der Waals surface area contributed by atoms with Crippen molar-refractivity contribution in [3.8, 4) is 5.75 Å². The van der Waals surface area contributed by atoms with Crippen molar-refractivity contribution in [2.75, 3.05) is 6.26 Å². The summed E-state index contributed by atoms with van der Waals surface area (Å²) < 4.78 is 28.9. The van der Waals surface area contributed by atoms with Crippen molar-refractivity contribution in [1.82, 2.24) is 0 Å². The SMILES string of the molecule is CS(=O)(=O)c1ccc(C(=O)O)cc1OCc1ccccc1. The van der Waals surface area contributed by atoms with E-state index in [-0.39, 0.29) is 22.8 Å². The first-order chi connectivity index (χ1) is 9.88. The second kappa shape index (κ2) is 5.97. The molecule has 0 spiro atoms. The Hall–Kier alpha value is -2.34. The van der Waals surface area contributed by atoms with Gasteiger partial charge in [0.1, 0.15) is 17.3 Å². The molecule has 2 rings (SSSR count). The Kier molecular flexibility index (Phi) is 4.28. The maximum absolute atomic E-state index is 11.7. The van der Waals surface area contributed by atoms with Crippen LogP contribution in [-0.2, 0) is 16.4 Å². The van der Waals surface area contributed by atoms with E-state index in [1.807, 2.05) is 30.3 Å². The molecule has 0 saturated heterocycles. The zero-order valence-electron chi connectivity index (χ0n) is 11.3. The summed E-state index contributed by atoms with van der Waals surface area (Å²) in [4.78, 5) is 11.0. The molecule has 0 fully saturated rings. The van der Waals surface area contributed by atoms with Gasteiger partial charge in [-0.25, -0.2) is 13.2 Å². The Balaban J connectivity index is 2.35. The molecular weight excluding hydrogens is 292 g/mol. The summed E-state index contributed by atoms with van der Waals surface area (Å²) in [6, 6.07) is 12.9. The number of carboxylic acid groups (broad SMARTS) is 1. The highest BCUT2D eigenvalue weighted by molar-refractivity contribution is 7.90. The quantitative estimate of drug-likeness (QED) is 0.917. The van der Waals surface area contributed by atoms with Crippen LogP contribution >= 0.6 is 0 Å². The largest absolute Gasteiger partial charge is 0.488 e. The fraction of sp³-hybridized carbons (Fsp3) is 0.133. The van der Waals surface area contributed by atoms with Gasteiger partial charge in [-0.2, -0.15) is 0 Å². The van der Waals surface area contributed by atoms with Crippen molar-refractivity contribution in [3.05, 3.63) is 59.7 Å². The van der Waals surface area contributed by atoms with E-state index in [9.17, 15) is 13.2 Å². The van der Waals surface area contributed by atoms with Crippen LogP contribution in [0.2, 0.25) is 0 Å². The van der Waals surface area contributed by atoms with Gasteiger partial charge in [0.15, 0.2) is 9.84 Å². The van der Waals surface area contributed by atoms with E-state index in [1.54, 1.807) is 0 Å². The van der Waals surface area contributed by atoms with Gasteiger partial charge in [-0.15, -0.1) is 0 Å². The molecule has 5 nitrogen and oxygen atoms in total. The first kappa shape index (κ1) is 15.1. The van der Waals surface area contributed by atoms with Gasteiger partial charge >= 0.3 is 5.97 Å². The molecule has 110 valence electrons. The van der Waals surface area contributed by atoms with Crippen LogP contribution in [0.4, 0.5) is 0 Å². The molecule has 0 bridgehead atoms. The number of rotatable bonds is 5. The molecule has 0 aliphatic heterocycles. The fourth-order valence-electron chi connectivity index (χ4n) is 1.80. The molecule has 0 saturated carbocycles. The predicted octanol–water partition coefficient (Wildman–Crippen LogP) is 2.37. The van der Waals surface area contributed by atoms with Crippen LogP contribution in [-0.4, -0.2) is 25.7 Å². The van der Waals surface area contributed by atoms with E-state index in [1.165, 1.54) is 18.2 Å². The highest BCUT2D eigenvalue weighted by Crippen LogP contribution is 2.26. The summed E-state index contributed by atoms with van der Waals surface area (Å²) in [7, 11) is -3.50. The Morgan fingerprint density at radius 1 is 1.14 bits per heavy atom. The summed E-state index contributed by atoms with van der Waals surface area (Å²) in [5.41, 5.74) is 0.836. The Morgan fingerprint density at radius 3 is 2.38 bits per heavy atom. The first-order valence-corrected chi connectivity index (χ1v) is 8.01. The van der Waals surface area contributed by atoms with Gasteiger partial charge in [0.05, 0.1) is 5.56 Å². The van der Waals surface area contributed by atoms with Crippen molar-refractivity contribution in [3.63, 3.8) is 0 Å². The molecule has 1 N–H and O–H groups in total. The lowest BCUT2D eigenvalue weighted by Gasteiger charge is -2.11. The maximum Gasteiger partial charge on any atom is 0.335 e. The van der Waals surface area contributed by atoms with E-state index >= 15 is 0 Å². The van der Waals surface area contributed by atoms with E-state index in [0.29, 0.717) is 0 Å². The van der Waals surface area contributed by atoms with Gasteiger partial charge in [-0.3, -0.25) is 0 Å². The average Bonchev–Trinajstić information content (AvgIpc) is 2.45. The average molecular weight is 306 g/mol. The summed E-state index contributed by atoms with van der Waals surface area (Å²) in [5, 5.41) is 8.98. The van der Waals surface area contributed by atoms with Gasteiger partial charge in [0.2, 0.25) is 0 Å². The second-order valence-corrected chi connectivity index (χ2v) is 6.50. The highest BCUT2D eigenvalue weighted by atomic mass is 32.2. The molecule has 0 heterocycles. The zero-order chi connectivity index (χ0) is 15.5. The van der Waals surface area contributed by atoms with Crippen molar-refractivity contribution < 1.29 is 23.1 Å². The van der Waals surface area contributed by atoms with Gasteiger partial charge in [0, 0.05) is 6.26 Å². The van der Waals surface area contributed by atoms with Gasteiger partial charge < -0.3 is 9.84 Å². The maximum atomic E-state index is 11.7. The minimum absolute atomic E-state index is 0.0227. The molecule has 0 radical (unpaired) electrons. The van der Waals surface area contributed by atoms with E-state index in [4.69, 9.17) is 9.84 Å². The standard InChI is InChI=1S/C15H14O5S/c1-21(18,19)14-8-7-12(15(16)17)9-13(14)20-10-11-5-3-2-4-6-11/h2-9H,10H2,1H3,(H,16,17). The van der Waals surface area contributed by atoms with E-state index in [0.717, 1.165) is 11.8 Å². The van der Waals surface area contributed by atoms with E-state index in [2.05, 4.69) is 0 Å². The van der Waals surface area contributed by atoms with Crippen LogP contribution in [0.25, 0.3) is 0 Å². The molecule has 0 aliphatic rings. The Labute approximate surface area is 122 Å². The van der Waals surface area contributed by atoms with Crippen molar-refractivity contribution in [2.45, 2.75) is 11.5 Å². The molecule has 2 aromatic rings. The molecule has 2 aromatic carbocycles. The van der Waals surface area contributed by atoms with Gasteiger partial charge in [0.25, 0.3) is 0 Å². The smallest absolute Gasteiger partial charge is 0.335 e. The highest BCUT2D eigenvalue weighted by Gasteiger charge is 2.17. The Morgan fingerprint density at radius 2 is 1.81 bits per heavy atom. The molecule has 0 atom stereocenters. The minimum Gasteiger partial charge on any atom is -0.488 e. The third-order valence-corrected chi connectivity index (χ3v) is 3.96. The number of ether oxygens (including phenoxy) is 1. The monoisotopic (exact) mass is 306 g/mol. The number of benzene rings is 2. The topological polar surface area (TPSA) is 80.7 Å². The lowest BCUT2D eigenvalue weighted by Crippen LogP contribution is -2.06. The van der Waals surface area contributed by atoms with Gasteiger partial charge in [-0.05, 0) is 23.8 Å². The lowest BCUT2D eigenvalue weighted by molar-refractivity contribution is 0.0696. The molecule has 0 amide bonds. The summed E-state index contributed by atoms with van der Waals surface area (Å²) in [6.07, 6.45) is 1.05. The van der Waals surface area contributed by atoms with Crippen molar-refractivity contribution in [2.24, 2.45) is 0 Å². The number of carbonyl (C=O) groups is 1. The molecule has 0 aromatic heterocycles. The second-order valence-electron chi connectivity index (χ2n) is 4.51.